The number of nitrogens with one attached hydrogen (secondary N) is 1. The van der Waals surface area contributed by atoms with E-state index in [0.717, 1.165) is 12.8 Å². The zero-order valence-corrected chi connectivity index (χ0v) is 13.8. The third-order valence-electron chi connectivity index (χ3n) is 4.01. The molecule has 3 rings (SSSR count). The predicted molar refractivity (Wildman–Crippen MR) is 92.3 cm³/mol. The van der Waals surface area contributed by atoms with Crippen molar-refractivity contribution in [2.45, 2.75) is 18.1 Å². The van der Waals surface area contributed by atoms with Crippen LogP contribution in [0, 0.1) is 0 Å². The van der Waals surface area contributed by atoms with E-state index in [1.165, 1.54) is 11.1 Å². The number of methoxy groups -OCH3 is 1. The van der Waals surface area contributed by atoms with Crippen LogP contribution in [0.3, 0.4) is 0 Å². The molecule has 1 aliphatic rings. The van der Waals surface area contributed by atoms with Crippen molar-refractivity contribution < 1.29 is 13.7 Å². The molecule has 2 aromatic carbocycles. The minimum atomic E-state index is -1.18. The van der Waals surface area contributed by atoms with Gasteiger partial charge in [-0.3, -0.25) is 9.00 Å². The average Bonchev–Trinajstić information content (AvgIpc) is 2.99. The van der Waals surface area contributed by atoms with Gasteiger partial charge in [0.2, 0.25) is 5.91 Å². The molecule has 120 valence electrons. The van der Waals surface area contributed by atoms with Crippen LogP contribution in [-0.4, -0.2) is 28.2 Å². The van der Waals surface area contributed by atoms with Crippen molar-refractivity contribution in [3.8, 4) is 5.75 Å². The average molecular weight is 329 g/mol. The standard InChI is InChI=1S/C18H19NO3S/c1-22-16-8-4-7-15(11-16)19-18(20)12-23(21)17-9-13-5-2-3-6-14(13)10-17/h2-8,11,17H,9-10,12H2,1H3,(H,19,20)/t23-/m1/s1. The molecule has 5 heteroatoms. The molecule has 0 bridgehead atoms. The number of amides is 1. The van der Waals surface area contributed by atoms with E-state index in [1.54, 1.807) is 25.3 Å². The van der Waals surface area contributed by atoms with E-state index in [9.17, 15) is 9.00 Å². The van der Waals surface area contributed by atoms with Gasteiger partial charge in [0.25, 0.3) is 0 Å². The number of benzene rings is 2. The van der Waals surface area contributed by atoms with Gasteiger partial charge in [-0.2, -0.15) is 0 Å². The Labute approximate surface area is 138 Å². The van der Waals surface area contributed by atoms with Gasteiger partial charge in [0.05, 0.1) is 7.11 Å². The normalized spacial score (nSPS) is 15.0. The number of carbonyl (C=O) groups excluding carboxylic acids is 1. The van der Waals surface area contributed by atoms with Gasteiger partial charge in [-0.1, -0.05) is 30.3 Å². The second kappa shape index (κ2) is 6.96. The van der Waals surface area contributed by atoms with Crippen LogP contribution in [0.25, 0.3) is 0 Å². The number of hydrogen-bond donors (Lipinski definition) is 1. The molecular weight excluding hydrogens is 310 g/mol. The van der Waals surface area contributed by atoms with Gasteiger partial charge in [-0.25, -0.2) is 0 Å². The van der Waals surface area contributed by atoms with Gasteiger partial charge in [0, 0.05) is 27.8 Å². The summed E-state index contributed by atoms with van der Waals surface area (Å²) in [6.45, 7) is 0. The molecular formula is C18H19NO3S. The molecule has 1 amide bonds. The minimum Gasteiger partial charge on any atom is -0.497 e. The van der Waals surface area contributed by atoms with Crippen molar-refractivity contribution in [2.75, 3.05) is 18.2 Å². The second-order valence-corrected chi connectivity index (χ2v) is 7.32. The fraction of sp³-hybridized carbons (Fsp3) is 0.278. The number of rotatable bonds is 5. The molecule has 1 atom stereocenters. The zero-order chi connectivity index (χ0) is 16.2. The van der Waals surface area contributed by atoms with Crippen molar-refractivity contribution in [3.63, 3.8) is 0 Å². The lowest BCUT2D eigenvalue weighted by atomic mass is 10.1. The first-order valence-electron chi connectivity index (χ1n) is 7.53. The number of anilines is 1. The first-order valence-corrected chi connectivity index (χ1v) is 8.92. The number of hydrogen-bond acceptors (Lipinski definition) is 3. The van der Waals surface area contributed by atoms with E-state index in [2.05, 4.69) is 17.4 Å². The Hall–Kier alpha value is -2.14. The Morgan fingerprint density at radius 2 is 1.87 bits per heavy atom. The van der Waals surface area contributed by atoms with Crippen molar-refractivity contribution in [1.29, 1.82) is 0 Å². The summed E-state index contributed by atoms with van der Waals surface area (Å²) < 4.78 is 17.6. The van der Waals surface area contributed by atoms with Gasteiger partial charge >= 0.3 is 0 Å². The summed E-state index contributed by atoms with van der Waals surface area (Å²) in [5, 5.41) is 2.81. The minimum absolute atomic E-state index is 0.0237. The Balaban J connectivity index is 1.57. The van der Waals surface area contributed by atoms with E-state index >= 15 is 0 Å². The van der Waals surface area contributed by atoms with Gasteiger partial charge in [0.15, 0.2) is 0 Å². The molecule has 0 saturated heterocycles. The molecule has 0 unspecified atom stereocenters. The van der Waals surface area contributed by atoms with Crippen LogP contribution in [0.15, 0.2) is 48.5 Å². The Kier molecular flexibility index (Phi) is 4.76. The monoisotopic (exact) mass is 329 g/mol. The lowest BCUT2D eigenvalue weighted by Gasteiger charge is -2.10. The van der Waals surface area contributed by atoms with Gasteiger partial charge in [-0.05, 0) is 36.1 Å². The largest absolute Gasteiger partial charge is 0.497 e. The molecule has 0 aromatic heterocycles. The molecule has 0 spiro atoms. The number of ether oxygens (including phenoxy) is 1. The highest BCUT2D eigenvalue weighted by Crippen LogP contribution is 2.25. The fourth-order valence-corrected chi connectivity index (χ4v) is 4.15. The van der Waals surface area contributed by atoms with Crippen LogP contribution >= 0.6 is 0 Å². The molecule has 0 aliphatic heterocycles. The van der Waals surface area contributed by atoms with Gasteiger partial charge < -0.3 is 10.1 Å². The van der Waals surface area contributed by atoms with Crippen molar-refractivity contribution in [3.05, 3.63) is 59.7 Å². The molecule has 2 aromatic rings. The highest BCUT2D eigenvalue weighted by Gasteiger charge is 2.27. The van der Waals surface area contributed by atoms with Crippen LogP contribution in [0.4, 0.5) is 5.69 Å². The molecule has 1 aliphatic carbocycles. The van der Waals surface area contributed by atoms with E-state index in [0.29, 0.717) is 11.4 Å². The highest BCUT2D eigenvalue weighted by atomic mass is 32.2. The van der Waals surface area contributed by atoms with Crippen molar-refractivity contribution >= 4 is 22.4 Å². The Morgan fingerprint density at radius 1 is 1.17 bits per heavy atom. The summed E-state index contributed by atoms with van der Waals surface area (Å²) in [5.41, 5.74) is 3.15. The maximum absolute atomic E-state index is 12.5. The highest BCUT2D eigenvalue weighted by molar-refractivity contribution is 7.86. The lowest BCUT2D eigenvalue weighted by molar-refractivity contribution is -0.113. The summed E-state index contributed by atoms with van der Waals surface area (Å²) >= 11 is 0. The lowest BCUT2D eigenvalue weighted by Crippen LogP contribution is -2.26. The second-order valence-electron chi connectivity index (χ2n) is 5.60. The summed E-state index contributed by atoms with van der Waals surface area (Å²) in [5.74, 6) is 0.471. The van der Waals surface area contributed by atoms with E-state index in [-0.39, 0.29) is 16.9 Å². The zero-order valence-electron chi connectivity index (χ0n) is 13.0. The Morgan fingerprint density at radius 3 is 2.52 bits per heavy atom. The molecule has 23 heavy (non-hydrogen) atoms. The first kappa shape index (κ1) is 15.7. The maximum Gasteiger partial charge on any atom is 0.237 e. The molecule has 4 nitrogen and oxygen atoms in total. The summed E-state index contributed by atoms with van der Waals surface area (Å²) in [6.07, 6.45) is 1.57. The fourth-order valence-electron chi connectivity index (χ4n) is 2.85. The van der Waals surface area contributed by atoms with Gasteiger partial charge in [0.1, 0.15) is 11.5 Å². The maximum atomic E-state index is 12.5. The van der Waals surface area contributed by atoms with Crippen LogP contribution in [0.2, 0.25) is 0 Å². The van der Waals surface area contributed by atoms with Crippen LogP contribution < -0.4 is 10.1 Å². The molecule has 0 saturated carbocycles. The number of carbonyl (C=O) groups is 1. The van der Waals surface area contributed by atoms with Crippen molar-refractivity contribution in [2.24, 2.45) is 0 Å². The first-order chi connectivity index (χ1) is 11.2. The SMILES string of the molecule is COc1cccc(NC(=O)C[S@@](=O)C2Cc3ccccc3C2)c1. The molecule has 1 N–H and O–H groups in total. The smallest absolute Gasteiger partial charge is 0.237 e. The van der Waals surface area contributed by atoms with Crippen molar-refractivity contribution in [1.82, 2.24) is 0 Å². The summed E-state index contributed by atoms with van der Waals surface area (Å²) in [4.78, 5) is 12.1. The van der Waals surface area contributed by atoms with E-state index in [1.807, 2.05) is 18.2 Å². The number of fused-ring (bicyclic) bond motifs is 1. The van der Waals surface area contributed by atoms with Gasteiger partial charge in [-0.15, -0.1) is 0 Å². The third kappa shape index (κ3) is 3.79. The summed E-state index contributed by atoms with van der Waals surface area (Å²) in [6, 6.07) is 15.3. The third-order valence-corrected chi connectivity index (χ3v) is 5.64. The van der Waals surface area contributed by atoms with E-state index < -0.39 is 10.8 Å². The topological polar surface area (TPSA) is 55.4 Å². The van der Waals surface area contributed by atoms with Crippen LogP contribution in [0.5, 0.6) is 5.75 Å². The Bertz CT molecular complexity index is 720. The summed E-state index contributed by atoms with van der Waals surface area (Å²) in [7, 11) is 0.401. The van der Waals surface area contributed by atoms with Crippen LogP contribution in [0.1, 0.15) is 11.1 Å². The predicted octanol–water partition coefficient (Wildman–Crippen LogP) is 2.55. The van der Waals surface area contributed by atoms with E-state index in [4.69, 9.17) is 4.74 Å². The molecule has 0 heterocycles. The quantitative estimate of drug-likeness (QED) is 0.917. The molecule has 0 fully saturated rings. The van der Waals surface area contributed by atoms with Crippen LogP contribution in [-0.2, 0) is 28.4 Å². The molecule has 0 radical (unpaired) electrons.